The van der Waals surface area contributed by atoms with Gasteiger partial charge in [0.2, 0.25) is 5.75 Å². The van der Waals surface area contributed by atoms with E-state index in [1.165, 1.54) is 47.7 Å². The van der Waals surface area contributed by atoms with E-state index in [0.29, 0.717) is 97.2 Å². The van der Waals surface area contributed by atoms with Crippen molar-refractivity contribution in [2.24, 2.45) is 5.73 Å². The van der Waals surface area contributed by atoms with Gasteiger partial charge in [-0.3, -0.25) is 4.79 Å². The van der Waals surface area contributed by atoms with E-state index in [0.717, 1.165) is 5.56 Å². The number of carbonyl (C=O) groups is 1. The molecule has 0 atom stereocenters. The van der Waals surface area contributed by atoms with Crippen LogP contribution in [-0.4, -0.2) is 83.9 Å². The van der Waals surface area contributed by atoms with E-state index in [1.807, 2.05) is 12.1 Å². The van der Waals surface area contributed by atoms with Crippen LogP contribution < -0.4 is 29.4 Å². The van der Waals surface area contributed by atoms with Gasteiger partial charge >= 0.3 is 0 Å². The summed E-state index contributed by atoms with van der Waals surface area (Å²) >= 11 is 0. The second kappa shape index (κ2) is 19.0. The number of halogens is 2. The SMILES string of the molecule is COc1ccc(-c2nc(-c3cc(OC)c(OC)c(OC)c3)n(Cc3ccc(C(=O)CCCOCCOCCN)cc3)c2-c2ccc(OC)cc2F)c(F)c1. The number of ketones is 1. The van der Waals surface area contributed by atoms with Crippen LogP contribution in [-0.2, 0) is 16.0 Å². The second-order valence-electron chi connectivity index (χ2n) is 12.1. The molecule has 0 spiro atoms. The van der Waals surface area contributed by atoms with Gasteiger partial charge in [0, 0.05) is 60.5 Å². The zero-order valence-electron chi connectivity index (χ0n) is 31.1. The van der Waals surface area contributed by atoms with E-state index in [4.69, 9.17) is 43.9 Å². The summed E-state index contributed by atoms with van der Waals surface area (Å²) in [6.45, 7) is 2.41. The third-order valence-electron chi connectivity index (χ3n) is 8.70. The predicted octanol–water partition coefficient (Wildman–Crippen LogP) is 7.21. The largest absolute Gasteiger partial charge is 0.497 e. The Morgan fingerprint density at radius 1 is 0.704 bits per heavy atom. The maximum absolute atomic E-state index is 16.1. The fourth-order valence-electron chi connectivity index (χ4n) is 5.99. The van der Waals surface area contributed by atoms with Crippen LogP contribution in [0.3, 0.4) is 0 Å². The molecule has 0 unspecified atom stereocenters. The molecule has 0 aliphatic rings. The number of ether oxygens (including phenoxy) is 7. The van der Waals surface area contributed by atoms with Crippen molar-refractivity contribution in [2.45, 2.75) is 19.4 Å². The molecular weight excluding hydrogens is 700 g/mol. The summed E-state index contributed by atoms with van der Waals surface area (Å²) in [5, 5.41) is 0. The predicted molar refractivity (Wildman–Crippen MR) is 201 cm³/mol. The van der Waals surface area contributed by atoms with Crippen molar-refractivity contribution in [3.05, 3.63) is 95.6 Å². The summed E-state index contributed by atoms with van der Waals surface area (Å²) in [5.74, 6) is 0.845. The minimum absolute atomic E-state index is 0.0245. The number of carbonyl (C=O) groups excluding carboxylic acids is 1. The van der Waals surface area contributed by atoms with Crippen molar-refractivity contribution in [2.75, 3.05) is 68.5 Å². The summed E-state index contributed by atoms with van der Waals surface area (Å²) in [4.78, 5) is 18.0. The van der Waals surface area contributed by atoms with Crippen molar-refractivity contribution >= 4 is 5.78 Å². The van der Waals surface area contributed by atoms with Crippen LogP contribution in [0.25, 0.3) is 33.9 Å². The molecule has 11 nitrogen and oxygen atoms in total. The number of aromatic nitrogens is 2. The number of Topliss-reactive ketones (excluding diaryl/α,β-unsaturated/α-hetero) is 1. The molecule has 0 amide bonds. The molecule has 4 aromatic carbocycles. The lowest BCUT2D eigenvalue weighted by atomic mass is 10.0. The first-order chi connectivity index (χ1) is 26.3. The molecule has 0 radical (unpaired) electrons. The van der Waals surface area contributed by atoms with Gasteiger partial charge in [0.05, 0.1) is 61.1 Å². The van der Waals surface area contributed by atoms with Crippen LogP contribution in [0.1, 0.15) is 28.8 Å². The Kier molecular flexibility index (Phi) is 14.0. The normalized spacial score (nSPS) is 11.0. The van der Waals surface area contributed by atoms with Crippen LogP contribution in [0.5, 0.6) is 28.7 Å². The van der Waals surface area contributed by atoms with E-state index in [9.17, 15) is 4.79 Å². The molecule has 2 N–H and O–H groups in total. The number of imidazole rings is 1. The topological polar surface area (TPSA) is 126 Å². The summed E-state index contributed by atoms with van der Waals surface area (Å²) in [6.07, 6.45) is 0.875. The van der Waals surface area contributed by atoms with Crippen molar-refractivity contribution in [3.8, 4) is 62.7 Å². The maximum Gasteiger partial charge on any atom is 0.203 e. The van der Waals surface area contributed by atoms with Gasteiger partial charge in [-0.2, -0.15) is 0 Å². The molecule has 0 bridgehead atoms. The fraction of sp³-hybridized carbons (Fsp3) is 0.317. The molecule has 5 aromatic rings. The highest BCUT2D eigenvalue weighted by Gasteiger charge is 2.27. The number of nitrogens with two attached hydrogens (primary N) is 1. The van der Waals surface area contributed by atoms with Gasteiger partial charge in [0.1, 0.15) is 34.7 Å². The molecule has 1 heterocycles. The van der Waals surface area contributed by atoms with E-state index in [-0.39, 0.29) is 29.1 Å². The van der Waals surface area contributed by atoms with Crippen LogP contribution in [0.4, 0.5) is 8.78 Å². The molecule has 13 heteroatoms. The average molecular weight is 746 g/mol. The van der Waals surface area contributed by atoms with Crippen LogP contribution in [0, 0.1) is 11.6 Å². The molecular formula is C41H45F2N3O8. The lowest BCUT2D eigenvalue weighted by molar-refractivity contribution is 0.0489. The molecule has 1 aromatic heterocycles. The minimum Gasteiger partial charge on any atom is -0.497 e. The number of hydrogen-bond donors (Lipinski definition) is 1. The maximum atomic E-state index is 16.1. The standard InChI is InChI=1S/C41H45F2N3O8/c1-48-29-12-14-31(33(42)23-29)38-39(32-15-13-30(49-2)24-34(32)43)46(41(45-38)28-21-36(50-3)40(52-5)37(22-28)51-4)25-26-8-10-27(11-9-26)35(47)7-6-17-53-19-20-54-18-16-44/h8-15,21-24H,6-7,16-20,25,44H2,1-5H3. The van der Waals surface area contributed by atoms with Crippen LogP contribution in [0.15, 0.2) is 72.8 Å². The molecule has 0 aliphatic carbocycles. The van der Waals surface area contributed by atoms with Gasteiger partial charge in [-0.05, 0) is 48.4 Å². The Bertz CT molecular complexity index is 2010. The molecule has 0 aliphatic heterocycles. The van der Waals surface area contributed by atoms with Gasteiger partial charge in [0.25, 0.3) is 0 Å². The number of rotatable bonds is 20. The molecule has 0 saturated heterocycles. The Labute approximate surface area is 313 Å². The first kappa shape index (κ1) is 39.7. The Balaban J connectivity index is 1.60. The molecule has 0 fully saturated rings. The van der Waals surface area contributed by atoms with E-state index >= 15 is 8.78 Å². The number of benzene rings is 4. The van der Waals surface area contributed by atoms with Gasteiger partial charge in [-0.1, -0.05) is 24.3 Å². The van der Waals surface area contributed by atoms with Crippen molar-refractivity contribution in [1.29, 1.82) is 0 Å². The minimum atomic E-state index is -0.612. The zero-order chi connectivity index (χ0) is 38.6. The highest BCUT2D eigenvalue weighted by molar-refractivity contribution is 5.96. The molecule has 54 heavy (non-hydrogen) atoms. The van der Waals surface area contributed by atoms with Crippen molar-refractivity contribution < 1.29 is 46.7 Å². The van der Waals surface area contributed by atoms with Gasteiger partial charge in [-0.25, -0.2) is 13.8 Å². The smallest absolute Gasteiger partial charge is 0.203 e. The third kappa shape index (κ3) is 9.16. The lowest BCUT2D eigenvalue weighted by Gasteiger charge is -2.17. The quantitative estimate of drug-likeness (QED) is 0.0646. The fourth-order valence-corrected chi connectivity index (χ4v) is 5.99. The van der Waals surface area contributed by atoms with Crippen molar-refractivity contribution in [1.82, 2.24) is 9.55 Å². The first-order valence-corrected chi connectivity index (χ1v) is 17.3. The summed E-state index contributed by atoms with van der Waals surface area (Å²) in [7, 11) is 7.39. The van der Waals surface area contributed by atoms with Crippen LogP contribution >= 0.6 is 0 Å². The average Bonchev–Trinajstić information content (AvgIpc) is 3.56. The Morgan fingerprint density at radius 3 is 1.83 bits per heavy atom. The number of hydrogen-bond acceptors (Lipinski definition) is 10. The third-order valence-corrected chi connectivity index (χ3v) is 8.70. The number of methoxy groups -OCH3 is 5. The van der Waals surface area contributed by atoms with Crippen LogP contribution in [0.2, 0.25) is 0 Å². The van der Waals surface area contributed by atoms with Crippen molar-refractivity contribution in [3.63, 3.8) is 0 Å². The highest BCUT2D eigenvalue weighted by Crippen LogP contribution is 2.44. The molecule has 5 rings (SSSR count). The first-order valence-electron chi connectivity index (χ1n) is 17.3. The van der Waals surface area contributed by atoms with Gasteiger partial charge in [-0.15, -0.1) is 0 Å². The van der Waals surface area contributed by atoms with E-state index in [1.54, 1.807) is 53.1 Å². The summed E-state index contributed by atoms with van der Waals surface area (Å²) < 4.78 is 72.1. The summed E-state index contributed by atoms with van der Waals surface area (Å²) in [6, 6.07) is 19.5. The van der Waals surface area contributed by atoms with E-state index < -0.39 is 11.6 Å². The Hall–Kier alpha value is -5.50. The number of nitrogens with zero attached hydrogens (tertiary/aromatic N) is 2. The van der Waals surface area contributed by atoms with Gasteiger partial charge in [0.15, 0.2) is 17.3 Å². The Morgan fingerprint density at radius 2 is 1.30 bits per heavy atom. The van der Waals surface area contributed by atoms with E-state index in [2.05, 4.69) is 0 Å². The highest BCUT2D eigenvalue weighted by atomic mass is 19.1. The summed E-state index contributed by atoms with van der Waals surface area (Å²) in [5.41, 5.74) is 8.03. The molecule has 286 valence electrons. The lowest BCUT2D eigenvalue weighted by Crippen LogP contribution is -2.12. The molecule has 0 saturated carbocycles. The second-order valence-corrected chi connectivity index (χ2v) is 12.1. The van der Waals surface area contributed by atoms with Gasteiger partial charge < -0.3 is 43.5 Å². The zero-order valence-corrected chi connectivity index (χ0v) is 31.1. The monoisotopic (exact) mass is 745 g/mol.